The maximum Gasteiger partial charge on any atom is 0.116 e. The van der Waals surface area contributed by atoms with Gasteiger partial charge in [0.1, 0.15) is 6.33 Å². The molecule has 0 aliphatic rings. The predicted octanol–water partition coefficient (Wildman–Crippen LogP) is 2.56. The van der Waals surface area contributed by atoms with Gasteiger partial charge in [0.2, 0.25) is 0 Å². The number of thioether (sulfide) groups is 1. The molecule has 92 valence electrons. The second-order valence-corrected chi connectivity index (χ2v) is 5.40. The van der Waals surface area contributed by atoms with E-state index in [1.54, 1.807) is 35.6 Å². The van der Waals surface area contributed by atoms with E-state index in [0.717, 1.165) is 16.3 Å². The maximum atomic E-state index is 8.64. The van der Waals surface area contributed by atoms with Gasteiger partial charge in [-0.1, -0.05) is 11.8 Å². The van der Waals surface area contributed by atoms with E-state index in [4.69, 9.17) is 5.11 Å². The van der Waals surface area contributed by atoms with E-state index in [1.807, 2.05) is 11.4 Å². The number of hydrogen-bond acceptors (Lipinski definition) is 5. The van der Waals surface area contributed by atoms with Crippen LogP contribution in [0.4, 0.5) is 0 Å². The molecule has 2 aromatic heterocycles. The molecule has 0 fully saturated rings. The van der Waals surface area contributed by atoms with Gasteiger partial charge in [-0.05, 0) is 12.1 Å². The summed E-state index contributed by atoms with van der Waals surface area (Å²) in [4.78, 5) is 9.32. The second-order valence-electron chi connectivity index (χ2n) is 3.41. The standard InChI is InChI=1S/C13H12N2OS2/c16-6-2-1-3-11-7-12(17-8-11)9-18-13-4-5-14-10-15-13/h4-5,7-8,10,16H,2,6,9H2. The lowest BCUT2D eigenvalue weighted by Crippen LogP contribution is -1.81. The monoisotopic (exact) mass is 276 g/mol. The van der Waals surface area contributed by atoms with Gasteiger partial charge >= 0.3 is 0 Å². The molecule has 0 aliphatic carbocycles. The highest BCUT2D eigenvalue weighted by molar-refractivity contribution is 7.98. The maximum absolute atomic E-state index is 8.64. The first-order valence-electron chi connectivity index (χ1n) is 5.44. The van der Waals surface area contributed by atoms with Gasteiger partial charge in [-0.15, -0.1) is 23.1 Å². The van der Waals surface area contributed by atoms with Crippen LogP contribution in [-0.4, -0.2) is 21.7 Å². The third kappa shape index (κ3) is 4.15. The van der Waals surface area contributed by atoms with Crippen molar-refractivity contribution in [2.45, 2.75) is 17.2 Å². The van der Waals surface area contributed by atoms with Gasteiger partial charge in [0.15, 0.2) is 0 Å². The van der Waals surface area contributed by atoms with E-state index in [9.17, 15) is 0 Å². The molecule has 2 aromatic rings. The van der Waals surface area contributed by atoms with Crippen LogP contribution in [0, 0.1) is 11.8 Å². The van der Waals surface area contributed by atoms with Crippen LogP contribution in [0.15, 0.2) is 35.1 Å². The van der Waals surface area contributed by atoms with Crippen molar-refractivity contribution < 1.29 is 5.11 Å². The van der Waals surface area contributed by atoms with Crippen LogP contribution >= 0.6 is 23.1 Å². The molecule has 0 amide bonds. The molecule has 0 saturated heterocycles. The van der Waals surface area contributed by atoms with E-state index in [-0.39, 0.29) is 6.61 Å². The lowest BCUT2D eigenvalue weighted by Gasteiger charge is -1.96. The lowest BCUT2D eigenvalue weighted by molar-refractivity contribution is 0.305. The predicted molar refractivity (Wildman–Crippen MR) is 74.5 cm³/mol. The van der Waals surface area contributed by atoms with Crippen LogP contribution in [-0.2, 0) is 5.75 Å². The molecular formula is C13H12N2OS2. The smallest absolute Gasteiger partial charge is 0.116 e. The third-order valence-electron chi connectivity index (χ3n) is 2.04. The highest BCUT2D eigenvalue weighted by Crippen LogP contribution is 2.24. The zero-order chi connectivity index (χ0) is 12.6. The highest BCUT2D eigenvalue weighted by atomic mass is 32.2. The number of rotatable bonds is 4. The Morgan fingerprint density at radius 3 is 3.17 bits per heavy atom. The van der Waals surface area contributed by atoms with E-state index in [1.165, 1.54) is 4.88 Å². The first kappa shape index (κ1) is 13.1. The molecule has 0 saturated carbocycles. The normalized spacial score (nSPS) is 9.83. The van der Waals surface area contributed by atoms with Gasteiger partial charge in [0.25, 0.3) is 0 Å². The van der Waals surface area contributed by atoms with Crippen molar-refractivity contribution in [3.63, 3.8) is 0 Å². The second kappa shape index (κ2) is 7.17. The molecule has 0 bridgehead atoms. The summed E-state index contributed by atoms with van der Waals surface area (Å²) in [6, 6.07) is 3.99. The average molecular weight is 276 g/mol. The van der Waals surface area contributed by atoms with Gasteiger partial charge in [-0.3, -0.25) is 0 Å². The molecule has 1 N–H and O–H groups in total. The van der Waals surface area contributed by atoms with Crippen LogP contribution < -0.4 is 0 Å². The Morgan fingerprint density at radius 1 is 1.44 bits per heavy atom. The van der Waals surface area contributed by atoms with Crippen molar-refractivity contribution in [1.82, 2.24) is 9.97 Å². The molecule has 0 unspecified atom stereocenters. The van der Waals surface area contributed by atoms with Crippen LogP contribution in [0.2, 0.25) is 0 Å². The summed E-state index contributed by atoms with van der Waals surface area (Å²) in [7, 11) is 0. The van der Waals surface area contributed by atoms with Crippen molar-refractivity contribution in [2.75, 3.05) is 6.61 Å². The lowest BCUT2D eigenvalue weighted by atomic mass is 10.3. The Bertz CT molecular complexity index is 543. The molecule has 0 spiro atoms. The Labute approximate surface area is 114 Å². The highest BCUT2D eigenvalue weighted by Gasteiger charge is 2.00. The number of aliphatic hydroxyl groups excluding tert-OH is 1. The molecule has 0 atom stereocenters. The Morgan fingerprint density at radius 2 is 2.39 bits per heavy atom. The van der Waals surface area contributed by atoms with Gasteiger partial charge in [-0.25, -0.2) is 9.97 Å². The fraction of sp³-hybridized carbons (Fsp3) is 0.231. The van der Waals surface area contributed by atoms with Crippen molar-refractivity contribution in [3.05, 3.63) is 40.5 Å². The number of nitrogens with zero attached hydrogens (tertiary/aromatic N) is 2. The van der Waals surface area contributed by atoms with Crippen molar-refractivity contribution in [2.24, 2.45) is 0 Å². The average Bonchev–Trinajstić information content (AvgIpc) is 2.86. The van der Waals surface area contributed by atoms with Crippen LogP contribution in [0.3, 0.4) is 0 Å². The molecule has 2 heterocycles. The minimum atomic E-state index is 0.119. The van der Waals surface area contributed by atoms with Crippen LogP contribution in [0.1, 0.15) is 16.9 Å². The third-order valence-corrected chi connectivity index (χ3v) is 4.15. The van der Waals surface area contributed by atoms with Gasteiger partial charge in [0.05, 0.1) is 11.6 Å². The fourth-order valence-electron chi connectivity index (χ4n) is 1.25. The molecular weight excluding hydrogens is 264 g/mol. The minimum absolute atomic E-state index is 0.119. The number of aromatic nitrogens is 2. The summed E-state index contributed by atoms with van der Waals surface area (Å²) >= 11 is 3.38. The first-order chi connectivity index (χ1) is 8.88. The summed E-state index contributed by atoms with van der Waals surface area (Å²) in [5, 5.41) is 11.7. The van der Waals surface area contributed by atoms with Crippen molar-refractivity contribution in [1.29, 1.82) is 0 Å². The van der Waals surface area contributed by atoms with E-state index in [2.05, 4.69) is 27.9 Å². The van der Waals surface area contributed by atoms with Gasteiger partial charge < -0.3 is 5.11 Å². The van der Waals surface area contributed by atoms with Crippen molar-refractivity contribution in [3.8, 4) is 11.8 Å². The number of hydrogen-bond donors (Lipinski definition) is 1. The number of thiophene rings is 1. The molecule has 5 heteroatoms. The van der Waals surface area contributed by atoms with E-state index >= 15 is 0 Å². The fourth-order valence-corrected chi connectivity index (χ4v) is 2.95. The molecule has 3 nitrogen and oxygen atoms in total. The molecule has 18 heavy (non-hydrogen) atoms. The van der Waals surface area contributed by atoms with Gasteiger partial charge in [-0.2, -0.15) is 0 Å². The van der Waals surface area contributed by atoms with E-state index in [0.29, 0.717) is 6.42 Å². The summed E-state index contributed by atoms with van der Waals surface area (Å²) < 4.78 is 0. The quantitative estimate of drug-likeness (QED) is 0.529. The summed E-state index contributed by atoms with van der Waals surface area (Å²) in [5.74, 6) is 6.84. The Hall–Kier alpha value is -1.35. The van der Waals surface area contributed by atoms with Crippen LogP contribution in [0.5, 0.6) is 0 Å². The summed E-state index contributed by atoms with van der Waals surface area (Å²) in [5.41, 5.74) is 1.02. The SMILES string of the molecule is OCCC#Cc1csc(CSc2ccncn2)c1. The van der Waals surface area contributed by atoms with E-state index < -0.39 is 0 Å². The molecule has 0 aliphatic heterocycles. The zero-order valence-corrected chi connectivity index (χ0v) is 11.3. The molecule has 0 radical (unpaired) electrons. The Kier molecular flexibility index (Phi) is 5.21. The molecule has 0 aromatic carbocycles. The largest absolute Gasteiger partial charge is 0.395 e. The molecule has 2 rings (SSSR count). The minimum Gasteiger partial charge on any atom is -0.395 e. The van der Waals surface area contributed by atoms with Gasteiger partial charge in [0, 0.05) is 34.2 Å². The topological polar surface area (TPSA) is 46.0 Å². The Balaban J connectivity index is 1.90. The summed E-state index contributed by atoms with van der Waals surface area (Å²) in [6.07, 6.45) is 3.83. The first-order valence-corrected chi connectivity index (χ1v) is 7.31. The van der Waals surface area contributed by atoms with Crippen LogP contribution in [0.25, 0.3) is 0 Å². The van der Waals surface area contributed by atoms with Crippen molar-refractivity contribution >= 4 is 23.1 Å². The summed E-state index contributed by atoms with van der Waals surface area (Å²) in [6.45, 7) is 0.119. The zero-order valence-electron chi connectivity index (χ0n) is 9.67. The number of aliphatic hydroxyl groups is 1.